The van der Waals surface area contributed by atoms with Crippen LogP contribution in [0.1, 0.15) is 38.3 Å². The van der Waals surface area contributed by atoms with Gasteiger partial charge >= 0.3 is 0 Å². The highest BCUT2D eigenvalue weighted by atomic mass is 79.9. The van der Waals surface area contributed by atoms with Crippen LogP contribution in [0.2, 0.25) is 0 Å². The molecule has 0 bridgehead atoms. The first-order valence-electron chi connectivity index (χ1n) is 5.62. The van der Waals surface area contributed by atoms with Crippen molar-refractivity contribution in [3.8, 4) is 0 Å². The Bertz CT molecular complexity index is 382. The van der Waals surface area contributed by atoms with Crippen molar-refractivity contribution < 1.29 is 9.13 Å². The van der Waals surface area contributed by atoms with E-state index in [1.54, 1.807) is 13.2 Å². The number of nitrogens with two attached hydrogens (primary N) is 1. The molecule has 0 fully saturated rings. The Kier molecular flexibility index (Phi) is 5.10. The summed E-state index contributed by atoms with van der Waals surface area (Å²) >= 11 is 3.23. The van der Waals surface area contributed by atoms with E-state index in [9.17, 15) is 4.39 Å². The second-order valence-electron chi connectivity index (χ2n) is 4.75. The van der Waals surface area contributed by atoms with Gasteiger partial charge in [-0.3, -0.25) is 0 Å². The first kappa shape index (κ1) is 14.6. The molecule has 0 spiro atoms. The van der Waals surface area contributed by atoms with Crippen LogP contribution in [0.15, 0.2) is 22.7 Å². The van der Waals surface area contributed by atoms with Crippen LogP contribution in [0.4, 0.5) is 4.39 Å². The first-order valence-corrected chi connectivity index (χ1v) is 6.41. The highest BCUT2D eigenvalue weighted by Crippen LogP contribution is 2.29. The molecule has 4 heteroatoms. The number of rotatable bonds is 5. The number of methoxy groups -OCH3 is 1. The first-order chi connectivity index (χ1) is 7.87. The van der Waals surface area contributed by atoms with Gasteiger partial charge in [-0.25, -0.2) is 4.39 Å². The molecule has 96 valence electrons. The van der Waals surface area contributed by atoms with Gasteiger partial charge in [0.2, 0.25) is 0 Å². The molecule has 0 aliphatic rings. The highest BCUT2D eigenvalue weighted by Gasteiger charge is 2.20. The molecule has 0 amide bonds. The van der Waals surface area contributed by atoms with E-state index < -0.39 is 0 Å². The maximum absolute atomic E-state index is 13.4. The van der Waals surface area contributed by atoms with Gasteiger partial charge in [0.05, 0.1) is 10.1 Å². The predicted molar refractivity (Wildman–Crippen MR) is 71.4 cm³/mol. The van der Waals surface area contributed by atoms with E-state index in [0.29, 0.717) is 4.47 Å². The molecule has 1 aromatic carbocycles. The molecule has 2 N–H and O–H groups in total. The van der Waals surface area contributed by atoms with E-state index in [0.717, 1.165) is 18.4 Å². The number of benzene rings is 1. The van der Waals surface area contributed by atoms with Gasteiger partial charge in [-0.2, -0.15) is 0 Å². The summed E-state index contributed by atoms with van der Waals surface area (Å²) in [5.74, 6) is -0.274. The average molecular weight is 304 g/mol. The van der Waals surface area contributed by atoms with Crippen LogP contribution in [0.3, 0.4) is 0 Å². The summed E-state index contributed by atoms with van der Waals surface area (Å²) < 4.78 is 19.2. The minimum absolute atomic E-state index is 0.186. The van der Waals surface area contributed by atoms with Crippen molar-refractivity contribution in [2.75, 3.05) is 7.11 Å². The number of ether oxygens (including phenoxy) is 1. The highest BCUT2D eigenvalue weighted by molar-refractivity contribution is 9.10. The summed E-state index contributed by atoms with van der Waals surface area (Å²) in [5.41, 5.74) is 6.68. The Morgan fingerprint density at radius 3 is 2.71 bits per heavy atom. The van der Waals surface area contributed by atoms with E-state index in [2.05, 4.69) is 15.9 Å². The maximum Gasteiger partial charge on any atom is 0.137 e. The molecule has 2 nitrogen and oxygen atoms in total. The van der Waals surface area contributed by atoms with E-state index in [4.69, 9.17) is 10.5 Å². The summed E-state index contributed by atoms with van der Waals surface area (Å²) in [6.07, 6.45) is 1.58. The largest absolute Gasteiger partial charge is 0.379 e. The van der Waals surface area contributed by atoms with Gasteiger partial charge < -0.3 is 10.5 Å². The van der Waals surface area contributed by atoms with E-state index in [-0.39, 0.29) is 17.5 Å². The fourth-order valence-corrected chi connectivity index (χ4v) is 2.13. The topological polar surface area (TPSA) is 35.2 Å². The van der Waals surface area contributed by atoms with E-state index in [1.165, 1.54) is 6.07 Å². The van der Waals surface area contributed by atoms with Crippen molar-refractivity contribution in [1.29, 1.82) is 0 Å². The van der Waals surface area contributed by atoms with Gasteiger partial charge in [-0.15, -0.1) is 0 Å². The van der Waals surface area contributed by atoms with Gasteiger partial charge in [-0.05, 0) is 54.2 Å². The van der Waals surface area contributed by atoms with Crippen molar-refractivity contribution in [2.45, 2.75) is 38.3 Å². The second-order valence-corrected chi connectivity index (χ2v) is 5.55. The Morgan fingerprint density at radius 2 is 2.12 bits per heavy atom. The van der Waals surface area contributed by atoms with Crippen molar-refractivity contribution in [3.05, 3.63) is 34.1 Å². The quantitative estimate of drug-likeness (QED) is 0.898. The molecule has 0 saturated carbocycles. The lowest BCUT2D eigenvalue weighted by Crippen LogP contribution is -2.24. The zero-order chi connectivity index (χ0) is 13.1. The summed E-state index contributed by atoms with van der Waals surface area (Å²) in [7, 11) is 1.68. The Morgan fingerprint density at radius 1 is 1.47 bits per heavy atom. The van der Waals surface area contributed by atoms with Crippen molar-refractivity contribution in [3.63, 3.8) is 0 Å². The molecule has 0 radical (unpaired) electrons. The van der Waals surface area contributed by atoms with Crippen LogP contribution in [0.5, 0.6) is 0 Å². The average Bonchev–Trinajstić information content (AvgIpc) is 2.30. The molecule has 17 heavy (non-hydrogen) atoms. The Hall–Kier alpha value is -0.450. The predicted octanol–water partition coefficient (Wildman–Crippen LogP) is 3.79. The number of hydrogen-bond acceptors (Lipinski definition) is 2. The fourth-order valence-electron chi connectivity index (χ4n) is 1.57. The zero-order valence-corrected chi connectivity index (χ0v) is 12.1. The smallest absolute Gasteiger partial charge is 0.137 e. The summed E-state index contributed by atoms with van der Waals surface area (Å²) in [6.45, 7) is 4.03. The van der Waals surface area contributed by atoms with Crippen LogP contribution in [0.25, 0.3) is 0 Å². The van der Waals surface area contributed by atoms with Gasteiger partial charge in [0, 0.05) is 13.2 Å². The lowest BCUT2D eigenvalue weighted by atomic mass is 9.95. The fraction of sp³-hybridized carbons (Fsp3) is 0.538. The lowest BCUT2D eigenvalue weighted by molar-refractivity contribution is 0.0125. The van der Waals surface area contributed by atoms with Gasteiger partial charge in [-0.1, -0.05) is 12.1 Å². The maximum atomic E-state index is 13.4. The molecule has 1 rings (SSSR count). The van der Waals surface area contributed by atoms with Gasteiger partial charge in [0.1, 0.15) is 5.82 Å². The number of hydrogen-bond donors (Lipinski definition) is 1. The molecule has 0 heterocycles. The van der Waals surface area contributed by atoms with Crippen LogP contribution in [-0.4, -0.2) is 12.7 Å². The second kappa shape index (κ2) is 5.94. The molecule has 0 aromatic heterocycles. The third kappa shape index (κ3) is 4.05. The standard InChI is InChI=1S/C13H19BrFNO/c1-13(2,17-3)8-7-11(16)9-5-4-6-10(15)12(9)14/h4-6,11H,7-8,16H2,1-3H3. The molecule has 0 saturated heterocycles. The van der Waals surface area contributed by atoms with E-state index >= 15 is 0 Å². The van der Waals surface area contributed by atoms with Crippen molar-refractivity contribution in [1.82, 2.24) is 0 Å². The third-order valence-electron chi connectivity index (χ3n) is 2.99. The molecule has 1 atom stereocenters. The van der Waals surface area contributed by atoms with Gasteiger partial charge in [0.15, 0.2) is 0 Å². The minimum Gasteiger partial charge on any atom is -0.379 e. The summed E-state index contributed by atoms with van der Waals surface area (Å²) in [6, 6.07) is 4.75. The van der Waals surface area contributed by atoms with Crippen LogP contribution in [0, 0.1) is 5.82 Å². The molecular formula is C13H19BrFNO. The normalized spacial score (nSPS) is 13.8. The Balaban J connectivity index is 2.71. The SMILES string of the molecule is COC(C)(C)CCC(N)c1cccc(F)c1Br. The number of halogens is 2. The zero-order valence-electron chi connectivity index (χ0n) is 10.5. The minimum atomic E-state index is -0.274. The third-order valence-corrected chi connectivity index (χ3v) is 3.83. The van der Waals surface area contributed by atoms with Crippen LogP contribution in [-0.2, 0) is 4.74 Å². The molecule has 0 aliphatic heterocycles. The van der Waals surface area contributed by atoms with Crippen molar-refractivity contribution >= 4 is 15.9 Å². The van der Waals surface area contributed by atoms with Gasteiger partial charge in [0.25, 0.3) is 0 Å². The van der Waals surface area contributed by atoms with Crippen LogP contribution < -0.4 is 5.73 Å². The lowest BCUT2D eigenvalue weighted by Gasteiger charge is -2.25. The molecule has 1 unspecified atom stereocenters. The summed E-state index contributed by atoms with van der Waals surface area (Å²) in [4.78, 5) is 0. The van der Waals surface area contributed by atoms with Crippen LogP contribution >= 0.6 is 15.9 Å². The Labute approximate surface area is 110 Å². The summed E-state index contributed by atoms with van der Waals surface area (Å²) in [5, 5.41) is 0. The molecule has 1 aromatic rings. The van der Waals surface area contributed by atoms with E-state index in [1.807, 2.05) is 19.9 Å². The molecular weight excluding hydrogens is 285 g/mol. The monoisotopic (exact) mass is 303 g/mol. The molecule has 0 aliphatic carbocycles. The van der Waals surface area contributed by atoms with Crippen molar-refractivity contribution in [2.24, 2.45) is 5.73 Å².